The number of sulfonamides is 1. The predicted octanol–water partition coefficient (Wildman–Crippen LogP) is 4.33. The Morgan fingerprint density at radius 2 is 1.81 bits per heavy atom. The molecule has 0 unspecified atom stereocenters. The van der Waals surface area contributed by atoms with Crippen LogP contribution in [-0.4, -0.2) is 32.4 Å². The van der Waals surface area contributed by atoms with E-state index in [1.165, 1.54) is 22.7 Å². The minimum Gasteiger partial charge on any atom is -0.454 e. The Morgan fingerprint density at radius 1 is 1.03 bits per heavy atom. The number of nitrogens with zero attached hydrogens (tertiary/aromatic N) is 3. The summed E-state index contributed by atoms with van der Waals surface area (Å²) in [6, 6.07) is 14.1. The summed E-state index contributed by atoms with van der Waals surface area (Å²) in [4.78, 5) is 4.92. The maximum Gasteiger partial charge on any atom is 0.269 e. The summed E-state index contributed by atoms with van der Waals surface area (Å²) >= 11 is 1.23. The first-order valence-corrected chi connectivity index (χ1v) is 11.6. The van der Waals surface area contributed by atoms with Crippen LogP contribution in [0.25, 0.3) is 22.2 Å². The van der Waals surface area contributed by atoms with E-state index in [4.69, 9.17) is 14.0 Å². The molecule has 5 rings (SSSR count). The summed E-state index contributed by atoms with van der Waals surface area (Å²) in [5.41, 5.74) is 2.29. The maximum absolute atomic E-state index is 13.3. The van der Waals surface area contributed by atoms with Crippen molar-refractivity contribution >= 4 is 27.0 Å². The molecule has 8 nitrogen and oxygen atoms in total. The molecule has 4 aromatic rings. The number of anilines is 1. The van der Waals surface area contributed by atoms with Gasteiger partial charge in [-0.05, 0) is 48.7 Å². The van der Waals surface area contributed by atoms with Gasteiger partial charge in [-0.1, -0.05) is 22.9 Å². The molecule has 0 fully saturated rings. The normalized spacial score (nSPS) is 12.8. The lowest BCUT2D eigenvalue weighted by Gasteiger charge is -2.19. The van der Waals surface area contributed by atoms with Gasteiger partial charge < -0.3 is 14.0 Å². The molecule has 2 aromatic heterocycles. The molecule has 31 heavy (non-hydrogen) atoms. The molecule has 1 aliphatic rings. The third-order valence-corrected chi connectivity index (χ3v) is 7.78. The van der Waals surface area contributed by atoms with Crippen molar-refractivity contribution in [2.45, 2.75) is 11.8 Å². The van der Waals surface area contributed by atoms with Gasteiger partial charge in [0, 0.05) is 12.6 Å². The molecule has 0 aliphatic carbocycles. The lowest BCUT2D eigenvalue weighted by atomic mass is 10.2. The molecule has 158 valence electrons. The van der Waals surface area contributed by atoms with Crippen molar-refractivity contribution in [1.82, 2.24) is 10.1 Å². The van der Waals surface area contributed by atoms with Crippen LogP contribution in [-0.2, 0) is 10.0 Å². The average Bonchev–Trinajstić information content (AvgIpc) is 3.53. The number of aryl methyl sites for hydroxylation is 1. The summed E-state index contributed by atoms with van der Waals surface area (Å²) in [5.74, 6) is 1.72. The van der Waals surface area contributed by atoms with Gasteiger partial charge in [0.25, 0.3) is 15.9 Å². The van der Waals surface area contributed by atoms with Crippen LogP contribution < -0.4 is 13.8 Å². The second-order valence-corrected chi connectivity index (χ2v) is 9.77. The van der Waals surface area contributed by atoms with Crippen LogP contribution >= 0.6 is 11.3 Å². The van der Waals surface area contributed by atoms with Gasteiger partial charge in [-0.15, -0.1) is 11.3 Å². The largest absolute Gasteiger partial charge is 0.454 e. The Balaban J connectivity index is 1.49. The number of rotatable bonds is 5. The Hall–Kier alpha value is -3.37. The molecule has 2 aromatic carbocycles. The van der Waals surface area contributed by atoms with E-state index >= 15 is 0 Å². The number of aromatic nitrogens is 2. The highest BCUT2D eigenvalue weighted by Gasteiger charge is 2.29. The molecular weight excluding hydrogens is 438 g/mol. The number of fused-ring (bicyclic) bond motifs is 1. The van der Waals surface area contributed by atoms with Gasteiger partial charge in [0.2, 0.25) is 12.6 Å². The molecular formula is C21H17N3O5S2. The summed E-state index contributed by atoms with van der Waals surface area (Å²) in [5, 5.41) is 5.71. The summed E-state index contributed by atoms with van der Waals surface area (Å²) < 4.78 is 43.9. The Labute approximate surface area is 182 Å². The van der Waals surface area contributed by atoms with Gasteiger partial charge in [-0.2, -0.15) is 4.98 Å². The van der Waals surface area contributed by atoms with E-state index in [1.54, 1.807) is 41.8 Å². The quantitative estimate of drug-likeness (QED) is 0.442. The zero-order valence-electron chi connectivity index (χ0n) is 16.6. The molecule has 10 heteroatoms. The number of thiophene rings is 1. The van der Waals surface area contributed by atoms with E-state index in [2.05, 4.69) is 10.1 Å². The van der Waals surface area contributed by atoms with Crippen molar-refractivity contribution in [3.8, 4) is 33.7 Å². The first-order valence-electron chi connectivity index (χ1n) is 9.31. The van der Waals surface area contributed by atoms with Crippen molar-refractivity contribution in [3.05, 3.63) is 59.5 Å². The zero-order valence-corrected chi connectivity index (χ0v) is 18.2. The molecule has 0 amide bonds. The highest BCUT2D eigenvalue weighted by molar-refractivity contribution is 7.93. The summed E-state index contributed by atoms with van der Waals surface area (Å²) in [7, 11) is -2.30. The third-order valence-electron chi connectivity index (χ3n) is 4.92. The van der Waals surface area contributed by atoms with Crippen LogP contribution in [0.2, 0.25) is 0 Å². The molecule has 0 N–H and O–H groups in total. The molecule has 0 saturated carbocycles. The van der Waals surface area contributed by atoms with Crippen molar-refractivity contribution in [2.24, 2.45) is 0 Å². The van der Waals surface area contributed by atoms with Crippen LogP contribution in [0.1, 0.15) is 5.56 Å². The molecule has 0 saturated heterocycles. The van der Waals surface area contributed by atoms with Gasteiger partial charge in [0.1, 0.15) is 9.77 Å². The average molecular weight is 456 g/mol. The fourth-order valence-corrected chi connectivity index (χ4v) is 5.68. The van der Waals surface area contributed by atoms with Gasteiger partial charge in [-0.25, -0.2) is 8.42 Å². The molecule has 3 heterocycles. The van der Waals surface area contributed by atoms with Gasteiger partial charge in [-0.3, -0.25) is 4.31 Å². The minimum atomic E-state index is -3.82. The van der Waals surface area contributed by atoms with Gasteiger partial charge in [0.05, 0.1) is 5.69 Å². The van der Waals surface area contributed by atoms with E-state index in [-0.39, 0.29) is 17.6 Å². The predicted molar refractivity (Wildman–Crippen MR) is 116 cm³/mol. The highest BCUT2D eigenvalue weighted by atomic mass is 32.2. The standard InChI is InChI=1S/C21H17N3O5S2/c1-13-3-6-15(7-4-13)24(2)31(25,26)18-9-10-30-19(18)21-22-20(23-29-21)14-5-8-16-17(11-14)28-12-27-16/h3-11H,12H2,1-2H3. The highest BCUT2D eigenvalue weighted by Crippen LogP contribution is 2.38. The lowest BCUT2D eigenvalue weighted by molar-refractivity contribution is 0.174. The van der Waals surface area contributed by atoms with Crippen LogP contribution in [0.15, 0.2) is 63.3 Å². The smallest absolute Gasteiger partial charge is 0.269 e. The fourth-order valence-electron chi connectivity index (χ4n) is 3.17. The number of benzene rings is 2. The van der Waals surface area contributed by atoms with E-state index in [9.17, 15) is 8.42 Å². The van der Waals surface area contributed by atoms with Crippen LogP contribution in [0, 0.1) is 6.92 Å². The monoisotopic (exact) mass is 455 g/mol. The van der Waals surface area contributed by atoms with Crippen molar-refractivity contribution in [3.63, 3.8) is 0 Å². The van der Waals surface area contributed by atoms with Crippen LogP contribution in [0.4, 0.5) is 5.69 Å². The molecule has 0 spiro atoms. The Bertz CT molecular complexity index is 1360. The Morgan fingerprint density at radius 3 is 2.61 bits per heavy atom. The summed E-state index contributed by atoms with van der Waals surface area (Å²) in [6.07, 6.45) is 0. The van der Waals surface area contributed by atoms with Crippen LogP contribution in [0.5, 0.6) is 11.5 Å². The van der Waals surface area contributed by atoms with E-state index in [0.717, 1.165) is 5.56 Å². The molecule has 0 bridgehead atoms. The second kappa shape index (κ2) is 7.40. The van der Waals surface area contributed by atoms with E-state index < -0.39 is 10.0 Å². The Kier molecular flexibility index (Phi) is 4.67. The van der Waals surface area contributed by atoms with E-state index in [0.29, 0.717) is 33.5 Å². The van der Waals surface area contributed by atoms with Crippen LogP contribution in [0.3, 0.4) is 0 Å². The maximum atomic E-state index is 13.3. The third kappa shape index (κ3) is 3.43. The van der Waals surface area contributed by atoms with Crippen molar-refractivity contribution in [2.75, 3.05) is 18.1 Å². The first kappa shape index (κ1) is 19.6. The van der Waals surface area contributed by atoms with E-state index in [1.807, 2.05) is 19.1 Å². The number of hydrogen-bond acceptors (Lipinski definition) is 8. The minimum absolute atomic E-state index is 0.112. The van der Waals surface area contributed by atoms with Gasteiger partial charge >= 0.3 is 0 Å². The van der Waals surface area contributed by atoms with Crippen molar-refractivity contribution < 1.29 is 22.4 Å². The zero-order chi connectivity index (χ0) is 21.6. The second-order valence-electron chi connectivity index (χ2n) is 6.91. The van der Waals surface area contributed by atoms with Crippen molar-refractivity contribution in [1.29, 1.82) is 0 Å². The SMILES string of the molecule is Cc1ccc(N(C)S(=O)(=O)c2ccsc2-c2nc(-c3ccc4c(c3)OCO4)no2)cc1. The molecule has 1 aliphatic heterocycles. The van der Waals surface area contributed by atoms with Gasteiger partial charge in [0.15, 0.2) is 11.5 Å². The number of ether oxygens (including phenoxy) is 2. The molecule has 0 radical (unpaired) electrons. The molecule has 0 atom stereocenters. The first-order chi connectivity index (χ1) is 14.9. The lowest BCUT2D eigenvalue weighted by Crippen LogP contribution is -2.26. The number of hydrogen-bond donors (Lipinski definition) is 0. The fraction of sp³-hybridized carbons (Fsp3) is 0.143. The summed E-state index contributed by atoms with van der Waals surface area (Å²) in [6.45, 7) is 2.11. The topological polar surface area (TPSA) is 94.8 Å².